The van der Waals surface area contributed by atoms with Gasteiger partial charge in [0.1, 0.15) is 0 Å². The molecule has 7 aliphatic carbocycles. The van der Waals surface area contributed by atoms with E-state index in [1.165, 1.54) is 118 Å². The van der Waals surface area contributed by atoms with Crippen LogP contribution in [0.3, 0.4) is 0 Å². The SMILES string of the molecule is CC1(C)CCC(C)(C)c2c(N(c3ccc4c(c3)C(C)(C)c3ccccc3-4)c3cccc4c3-c3cc(-c5ccccc5)ccc3C43C4CC5CC(C4)CC3C5)cccc21. The van der Waals surface area contributed by atoms with E-state index in [2.05, 4.69) is 174 Å². The Morgan fingerprint density at radius 3 is 1.84 bits per heavy atom. The zero-order valence-corrected chi connectivity index (χ0v) is 35.3. The summed E-state index contributed by atoms with van der Waals surface area (Å²) in [7, 11) is 0. The summed E-state index contributed by atoms with van der Waals surface area (Å²) in [5.41, 5.74) is 21.6. The fourth-order valence-corrected chi connectivity index (χ4v) is 14.4. The third kappa shape index (κ3) is 4.60. The molecule has 0 N–H and O–H groups in total. The van der Waals surface area contributed by atoms with Gasteiger partial charge in [0.25, 0.3) is 0 Å². The van der Waals surface area contributed by atoms with Crippen LogP contribution in [0.1, 0.15) is 120 Å². The van der Waals surface area contributed by atoms with Crippen LogP contribution in [0.4, 0.5) is 17.1 Å². The lowest BCUT2D eigenvalue weighted by Gasteiger charge is -2.61. The Balaban J connectivity index is 1.16. The van der Waals surface area contributed by atoms with Gasteiger partial charge in [0, 0.05) is 22.1 Å². The van der Waals surface area contributed by atoms with E-state index in [9.17, 15) is 0 Å². The summed E-state index contributed by atoms with van der Waals surface area (Å²) < 4.78 is 0. The molecule has 0 amide bonds. The molecule has 0 radical (unpaired) electrons. The molecule has 290 valence electrons. The van der Waals surface area contributed by atoms with Crippen LogP contribution in [0, 0.1) is 23.7 Å². The molecular weight excluding hydrogens is 699 g/mol. The second-order valence-corrected chi connectivity index (χ2v) is 21.2. The highest BCUT2D eigenvalue weighted by Gasteiger charge is 2.62. The first kappa shape index (κ1) is 35.1. The minimum Gasteiger partial charge on any atom is -0.310 e. The van der Waals surface area contributed by atoms with E-state index >= 15 is 0 Å². The van der Waals surface area contributed by atoms with Crippen molar-refractivity contribution < 1.29 is 0 Å². The number of nitrogens with zero attached hydrogens (tertiary/aromatic N) is 1. The average molecular weight is 756 g/mol. The van der Waals surface area contributed by atoms with Crippen LogP contribution < -0.4 is 4.90 Å². The van der Waals surface area contributed by atoms with Crippen LogP contribution in [0.15, 0.2) is 127 Å². The summed E-state index contributed by atoms with van der Waals surface area (Å²) in [6.45, 7) is 14.8. The Morgan fingerprint density at radius 2 is 1.09 bits per heavy atom. The Morgan fingerprint density at radius 1 is 0.448 bits per heavy atom. The summed E-state index contributed by atoms with van der Waals surface area (Å²) in [5.74, 6) is 3.23. The summed E-state index contributed by atoms with van der Waals surface area (Å²) in [6, 6.07) is 50.1. The molecule has 1 heteroatoms. The highest BCUT2D eigenvalue weighted by atomic mass is 15.2. The van der Waals surface area contributed by atoms with E-state index in [-0.39, 0.29) is 21.7 Å². The number of benzene rings is 6. The molecule has 6 aromatic rings. The van der Waals surface area contributed by atoms with Gasteiger partial charge < -0.3 is 4.90 Å². The molecule has 0 unspecified atom stereocenters. The molecule has 13 rings (SSSR count). The normalized spacial score (nSPS) is 26.8. The Labute approximate surface area is 346 Å². The van der Waals surface area contributed by atoms with Gasteiger partial charge >= 0.3 is 0 Å². The van der Waals surface area contributed by atoms with Gasteiger partial charge in [0.2, 0.25) is 0 Å². The van der Waals surface area contributed by atoms with Crippen molar-refractivity contribution in [1.29, 1.82) is 0 Å². The van der Waals surface area contributed by atoms with Crippen LogP contribution >= 0.6 is 0 Å². The van der Waals surface area contributed by atoms with Gasteiger partial charge in [-0.25, -0.2) is 0 Å². The zero-order valence-electron chi connectivity index (χ0n) is 35.3. The van der Waals surface area contributed by atoms with Gasteiger partial charge in [-0.05, 0) is 171 Å². The van der Waals surface area contributed by atoms with Crippen LogP contribution in [0.2, 0.25) is 0 Å². The summed E-state index contributed by atoms with van der Waals surface area (Å²) in [4.78, 5) is 2.74. The Hall–Kier alpha value is -4.88. The van der Waals surface area contributed by atoms with Crippen LogP contribution in [0.25, 0.3) is 33.4 Å². The topological polar surface area (TPSA) is 3.24 Å². The number of rotatable bonds is 4. The fraction of sp³-hybridized carbons (Fsp3) is 0.368. The van der Waals surface area contributed by atoms with E-state index in [4.69, 9.17) is 0 Å². The lowest BCUT2D eigenvalue weighted by Crippen LogP contribution is -2.55. The van der Waals surface area contributed by atoms with Gasteiger partial charge in [-0.15, -0.1) is 0 Å². The largest absolute Gasteiger partial charge is 0.310 e. The minimum absolute atomic E-state index is 0.0327. The number of hydrogen-bond acceptors (Lipinski definition) is 1. The molecule has 6 aromatic carbocycles. The van der Waals surface area contributed by atoms with Crippen molar-refractivity contribution in [1.82, 2.24) is 0 Å². The van der Waals surface area contributed by atoms with E-state index in [0.717, 1.165) is 11.8 Å². The van der Waals surface area contributed by atoms with Gasteiger partial charge in [0.15, 0.2) is 0 Å². The lowest BCUT2D eigenvalue weighted by molar-refractivity contribution is -0.0399. The average Bonchev–Trinajstić information content (AvgIpc) is 3.64. The standard InChI is InChI=1S/C57H57N/c1-54(2)26-27-55(3,4)53-48(54)19-13-21-51(53)58(41-23-24-43-42-16-10-11-17-45(42)56(5,6)49(43)34-41)50-20-12-18-47-52(50)44-33-38(37-14-8-7-9-15-37)22-25-46(44)57(47)39-29-35-28-36(31-39)32-40(57)30-35/h7-25,33-36,39-40H,26-32H2,1-6H3. The molecule has 4 bridgehead atoms. The monoisotopic (exact) mass is 755 g/mol. The highest BCUT2D eigenvalue weighted by Crippen LogP contribution is 2.71. The molecule has 4 saturated carbocycles. The van der Waals surface area contributed by atoms with Crippen molar-refractivity contribution in [3.05, 3.63) is 161 Å². The molecular formula is C57H57N. The van der Waals surface area contributed by atoms with Gasteiger partial charge in [-0.1, -0.05) is 139 Å². The van der Waals surface area contributed by atoms with Gasteiger partial charge in [-0.3, -0.25) is 0 Å². The maximum absolute atomic E-state index is 2.74. The Bertz CT molecular complexity index is 2640. The molecule has 0 atom stereocenters. The van der Waals surface area contributed by atoms with Crippen molar-refractivity contribution in [2.75, 3.05) is 4.90 Å². The number of hydrogen-bond donors (Lipinski definition) is 0. The van der Waals surface area contributed by atoms with Gasteiger partial charge in [0.05, 0.1) is 11.4 Å². The third-order valence-corrected chi connectivity index (χ3v) is 16.9. The summed E-state index contributed by atoms with van der Waals surface area (Å²) >= 11 is 0. The number of anilines is 3. The molecule has 0 aromatic heterocycles. The summed E-state index contributed by atoms with van der Waals surface area (Å²) in [5, 5.41) is 0. The van der Waals surface area contributed by atoms with Gasteiger partial charge in [-0.2, -0.15) is 0 Å². The van der Waals surface area contributed by atoms with Crippen LogP contribution in [-0.2, 0) is 21.7 Å². The summed E-state index contributed by atoms with van der Waals surface area (Å²) in [6.07, 6.45) is 9.38. The van der Waals surface area contributed by atoms with Crippen molar-refractivity contribution >= 4 is 17.1 Å². The second-order valence-electron chi connectivity index (χ2n) is 21.2. The molecule has 7 aliphatic rings. The molecule has 0 saturated heterocycles. The quantitative estimate of drug-likeness (QED) is 0.173. The Kier molecular flexibility index (Phi) is 7.18. The minimum atomic E-state index is -0.0920. The lowest BCUT2D eigenvalue weighted by atomic mass is 9.43. The first-order valence-electron chi connectivity index (χ1n) is 22.5. The predicted molar refractivity (Wildman–Crippen MR) is 243 cm³/mol. The van der Waals surface area contributed by atoms with Crippen LogP contribution in [-0.4, -0.2) is 0 Å². The van der Waals surface area contributed by atoms with E-state index < -0.39 is 0 Å². The first-order chi connectivity index (χ1) is 28.0. The van der Waals surface area contributed by atoms with Crippen molar-refractivity contribution in [3.63, 3.8) is 0 Å². The van der Waals surface area contributed by atoms with Crippen molar-refractivity contribution in [2.45, 2.75) is 108 Å². The highest BCUT2D eigenvalue weighted by molar-refractivity contribution is 5.98. The van der Waals surface area contributed by atoms with Crippen molar-refractivity contribution in [3.8, 4) is 33.4 Å². The molecule has 0 heterocycles. The third-order valence-electron chi connectivity index (χ3n) is 16.9. The van der Waals surface area contributed by atoms with Crippen molar-refractivity contribution in [2.24, 2.45) is 23.7 Å². The fourth-order valence-electron chi connectivity index (χ4n) is 14.4. The maximum Gasteiger partial charge on any atom is 0.0543 e. The van der Waals surface area contributed by atoms with E-state index in [0.29, 0.717) is 11.8 Å². The van der Waals surface area contributed by atoms with E-state index in [1.807, 2.05) is 0 Å². The molecule has 0 aliphatic heterocycles. The molecule has 58 heavy (non-hydrogen) atoms. The first-order valence-corrected chi connectivity index (χ1v) is 22.5. The second kappa shape index (κ2) is 11.9. The number of fused-ring (bicyclic) bond motifs is 7. The van der Waals surface area contributed by atoms with E-state index in [1.54, 1.807) is 11.1 Å². The maximum atomic E-state index is 2.74. The van der Waals surface area contributed by atoms with Crippen LogP contribution in [0.5, 0.6) is 0 Å². The molecule has 1 spiro atoms. The smallest absolute Gasteiger partial charge is 0.0543 e. The molecule has 1 nitrogen and oxygen atoms in total. The molecule has 4 fully saturated rings. The predicted octanol–water partition coefficient (Wildman–Crippen LogP) is 15.2. The zero-order chi connectivity index (χ0) is 39.3.